The summed E-state index contributed by atoms with van der Waals surface area (Å²) in [6.07, 6.45) is 0. The Bertz CT molecular complexity index is 778. The van der Waals surface area contributed by atoms with Gasteiger partial charge in [-0.25, -0.2) is 4.39 Å². The van der Waals surface area contributed by atoms with Crippen LogP contribution < -0.4 is 15.4 Å². The number of amides is 1. The van der Waals surface area contributed by atoms with Crippen LogP contribution in [0.25, 0.3) is 0 Å². The number of ether oxygens (including phenoxy) is 1. The highest BCUT2D eigenvalue weighted by atomic mass is 19.1. The molecule has 0 unspecified atom stereocenters. The van der Waals surface area contributed by atoms with Crippen molar-refractivity contribution in [3.63, 3.8) is 0 Å². The van der Waals surface area contributed by atoms with E-state index in [2.05, 4.69) is 15.6 Å². The molecule has 2 rings (SSSR count). The lowest BCUT2D eigenvalue weighted by atomic mass is 10.2. The number of benzene rings is 2. The Kier molecular flexibility index (Phi) is 7.61. The third-order valence-electron chi connectivity index (χ3n) is 3.93. The lowest BCUT2D eigenvalue weighted by Crippen LogP contribution is -2.42. The van der Waals surface area contributed by atoms with Crippen LogP contribution in [0.3, 0.4) is 0 Å². The van der Waals surface area contributed by atoms with Crippen molar-refractivity contribution in [2.24, 2.45) is 4.99 Å². The number of nitrogens with one attached hydrogen (secondary N) is 2. The Morgan fingerprint density at radius 2 is 1.85 bits per heavy atom. The molecule has 0 aliphatic carbocycles. The number of aliphatic imine (C=N–C) groups is 1. The summed E-state index contributed by atoms with van der Waals surface area (Å²) in [7, 11) is 5.13. The summed E-state index contributed by atoms with van der Waals surface area (Å²) in [4.78, 5) is 18.2. The zero-order chi connectivity index (χ0) is 19.6. The maximum Gasteiger partial charge on any atom is 0.251 e. The molecular weight excluding hydrogens is 347 g/mol. The number of nitrogens with zero attached hydrogens (tertiary/aromatic N) is 2. The van der Waals surface area contributed by atoms with Crippen LogP contribution in [0.1, 0.15) is 15.9 Å². The van der Waals surface area contributed by atoms with Crippen LogP contribution in [-0.4, -0.2) is 51.1 Å². The van der Waals surface area contributed by atoms with Gasteiger partial charge in [0.25, 0.3) is 5.91 Å². The van der Waals surface area contributed by atoms with E-state index in [0.717, 1.165) is 5.56 Å². The van der Waals surface area contributed by atoms with Crippen molar-refractivity contribution in [2.75, 3.05) is 34.3 Å². The fourth-order valence-electron chi connectivity index (χ4n) is 2.56. The molecule has 2 N–H and O–H groups in total. The van der Waals surface area contributed by atoms with E-state index >= 15 is 0 Å². The van der Waals surface area contributed by atoms with Gasteiger partial charge in [0, 0.05) is 39.3 Å². The number of methoxy groups -OCH3 is 1. The minimum atomic E-state index is -0.259. The Morgan fingerprint density at radius 3 is 2.48 bits per heavy atom. The van der Waals surface area contributed by atoms with Crippen LogP contribution in [0, 0.1) is 5.82 Å². The molecule has 144 valence electrons. The van der Waals surface area contributed by atoms with Gasteiger partial charge in [-0.15, -0.1) is 0 Å². The van der Waals surface area contributed by atoms with E-state index in [1.807, 2.05) is 18.0 Å². The predicted molar refractivity (Wildman–Crippen MR) is 105 cm³/mol. The predicted octanol–water partition coefficient (Wildman–Crippen LogP) is 2.27. The van der Waals surface area contributed by atoms with E-state index in [-0.39, 0.29) is 11.7 Å². The van der Waals surface area contributed by atoms with Crippen LogP contribution in [0.2, 0.25) is 0 Å². The third kappa shape index (κ3) is 6.29. The SMILES string of the molecule is CN=C(NCCNC(=O)c1ccc(OC)cc1)N(C)Cc1cccc(F)c1. The number of hydrogen-bond acceptors (Lipinski definition) is 3. The molecule has 0 aliphatic heterocycles. The minimum Gasteiger partial charge on any atom is -0.497 e. The van der Waals surface area contributed by atoms with E-state index < -0.39 is 0 Å². The standard InChI is InChI=1S/C20H25FN4O2/c1-22-20(25(2)14-15-5-4-6-17(21)13-15)24-12-11-23-19(26)16-7-9-18(27-3)10-8-16/h4-10,13H,11-12,14H2,1-3H3,(H,22,24)(H,23,26). The first-order valence-corrected chi connectivity index (χ1v) is 8.62. The highest BCUT2D eigenvalue weighted by molar-refractivity contribution is 5.94. The van der Waals surface area contributed by atoms with Gasteiger partial charge in [-0.05, 0) is 42.0 Å². The molecule has 0 spiro atoms. The Balaban J connectivity index is 1.77. The second kappa shape index (κ2) is 10.2. The summed E-state index contributed by atoms with van der Waals surface area (Å²) < 4.78 is 18.4. The maximum absolute atomic E-state index is 13.3. The first-order valence-electron chi connectivity index (χ1n) is 8.62. The fourth-order valence-corrected chi connectivity index (χ4v) is 2.56. The van der Waals surface area contributed by atoms with E-state index in [0.29, 0.717) is 36.9 Å². The molecule has 7 heteroatoms. The normalized spacial score (nSPS) is 11.0. The molecule has 2 aromatic carbocycles. The summed E-state index contributed by atoms with van der Waals surface area (Å²) >= 11 is 0. The van der Waals surface area contributed by atoms with Crippen molar-refractivity contribution in [3.05, 3.63) is 65.5 Å². The maximum atomic E-state index is 13.3. The van der Waals surface area contributed by atoms with E-state index in [4.69, 9.17) is 4.74 Å². The first-order chi connectivity index (χ1) is 13.0. The van der Waals surface area contributed by atoms with Crippen molar-refractivity contribution < 1.29 is 13.9 Å². The summed E-state index contributed by atoms with van der Waals surface area (Å²) in [5, 5.41) is 6.02. The molecule has 0 saturated heterocycles. The molecule has 6 nitrogen and oxygen atoms in total. The molecule has 2 aromatic rings. The van der Waals surface area contributed by atoms with Crippen molar-refractivity contribution in [2.45, 2.75) is 6.54 Å². The molecule has 0 bridgehead atoms. The zero-order valence-electron chi connectivity index (χ0n) is 15.8. The van der Waals surface area contributed by atoms with Gasteiger partial charge in [0.15, 0.2) is 5.96 Å². The Labute approximate surface area is 159 Å². The Morgan fingerprint density at radius 1 is 1.15 bits per heavy atom. The van der Waals surface area contributed by atoms with Crippen LogP contribution in [0.5, 0.6) is 5.75 Å². The highest BCUT2D eigenvalue weighted by Gasteiger charge is 2.08. The molecule has 0 fully saturated rings. The molecule has 0 aliphatic rings. The average Bonchev–Trinajstić information content (AvgIpc) is 2.67. The lowest BCUT2D eigenvalue weighted by molar-refractivity contribution is 0.0954. The number of halogens is 1. The summed E-state index contributed by atoms with van der Waals surface area (Å²) in [5.41, 5.74) is 1.43. The highest BCUT2D eigenvalue weighted by Crippen LogP contribution is 2.11. The van der Waals surface area contributed by atoms with Gasteiger partial charge < -0.3 is 20.3 Å². The number of hydrogen-bond donors (Lipinski definition) is 2. The molecule has 0 aromatic heterocycles. The monoisotopic (exact) mass is 372 g/mol. The topological polar surface area (TPSA) is 66.0 Å². The molecular formula is C20H25FN4O2. The van der Waals surface area contributed by atoms with Gasteiger partial charge in [0.05, 0.1) is 7.11 Å². The lowest BCUT2D eigenvalue weighted by Gasteiger charge is -2.22. The van der Waals surface area contributed by atoms with Gasteiger partial charge in [-0.3, -0.25) is 9.79 Å². The van der Waals surface area contributed by atoms with Gasteiger partial charge in [-0.1, -0.05) is 12.1 Å². The quantitative estimate of drug-likeness (QED) is 0.445. The number of rotatable bonds is 7. The third-order valence-corrected chi connectivity index (χ3v) is 3.93. The van der Waals surface area contributed by atoms with Gasteiger partial charge in [-0.2, -0.15) is 0 Å². The number of carbonyl (C=O) groups is 1. The summed E-state index contributed by atoms with van der Waals surface area (Å²) in [6, 6.07) is 13.4. The largest absolute Gasteiger partial charge is 0.497 e. The number of guanidine groups is 1. The first kappa shape index (κ1) is 20.2. The van der Waals surface area contributed by atoms with Gasteiger partial charge >= 0.3 is 0 Å². The van der Waals surface area contributed by atoms with Crippen molar-refractivity contribution in [1.29, 1.82) is 0 Å². The molecule has 0 saturated carbocycles. The van der Waals surface area contributed by atoms with Crippen molar-refractivity contribution >= 4 is 11.9 Å². The van der Waals surface area contributed by atoms with Crippen molar-refractivity contribution in [3.8, 4) is 5.75 Å². The molecule has 0 heterocycles. The molecule has 27 heavy (non-hydrogen) atoms. The molecule has 1 amide bonds. The summed E-state index contributed by atoms with van der Waals surface area (Å²) in [6.45, 7) is 1.48. The van der Waals surface area contributed by atoms with E-state index in [9.17, 15) is 9.18 Å². The van der Waals surface area contributed by atoms with Crippen LogP contribution in [0.15, 0.2) is 53.5 Å². The van der Waals surface area contributed by atoms with Crippen LogP contribution >= 0.6 is 0 Å². The van der Waals surface area contributed by atoms with Crippen LogP contribution in [-0.2, 0) is 6.54 Å². The minimum absolute atomic E-state index is 0.150. The smallest absolute Gasteiger partial charge is 0.251 e. The molecule has 0 radical (unpaired) electrons. The van der Waals surface area contributed by atoms with E-state index in [1.54, 1.807) is 44.5 Å². The average molecular weight is 372 g/mol. The molecule has 0 atom stereocenters. The van der Waals surface area contributed by atoms with Gasteiger partial charge in [0.1, 0.15) is 11.6 Å². The fraction of sp³-hybridized carbons (Fsp3) is 0.300. The second-order valence-electron chi connectivity index (χ2n) is 5.94. The summed E-state index contributed by atoms with van der Waals surface area (Å²) in [5.74, 6) is 0.962. The van der Waals surface area contributed by atoms with E-state index in [1.165, 1.54) is 12.1 Å². The van der Waals surface area contributed by atoms with Gasteiger partial charge in [0.2, 0.25) is 0 Å². The van der Waals surface area contributed by atoms with Crippen LogP contribution in [0.4, 0.5) is 4.39 Å². The Hall–Kier alpha value is -3.09. The second-order valence-corrected chi connectivity index (χ2v) is 5.94. The number of carbonyl (C=O) groups excluding carboxylic acids is 1. The van der Waals surface area contributed by atoms with Crippen molar-refractivity contribution in [1.82, 2.24) is 15.5 Å². The zero-order valence-corrected chi connectivity index (χ0v) is 15.8.